The molecule has 13 heteroatoms. The van der Waals surface area contributed by atoms with Crippen LogP contribution in [-0.2, 0) is 19.1 Å². The Balaban J connectivity index is 1.40. The van der Waals surface area contributed by atoms with Crippen LogP contribution < -0.4 is 20.9 Å². The molecule has 5 atom stereocenters. The molecule has 13 nitrogen and oxygen atoms in total. The summed E-state index contributed by atoms with van der Waals surface area (Å²) in [5.74, 6) is -2.04. The van der Waals surface area contributed by atoms with Crippen molar-refractivity contribution in [1.82, 2.24) is 25.3 Å². The van der Waals surface area contributed by atoms with Crippen molar-refractivity contribution in [2.24, 2.45) is 5.92 Å². The first kappa shape index (κ1) is 35.6. The quantitative estimate of drug-likeness (QED) is 0.323. The second kappa shape index (κ2) is 14.2. The number of carbonyl (C=O) groups is 4. The Kier molecular flexibility index (Phi) is 9.92. The third-order valence-electron chi connectivity index (χ3n) is 9.87. The average Bonchev–Trinajstić information content (AvgIpc) is 3.61. The zero-order chi connectivity index (χ0) is 36.5. The number of nitrogens with zero attached hydrogens (tertiary/aromatic N) is 3. The van der Waals surface area contributed by atoms with Crippen molar-refractivity contribution in [3.05, 3.63) is 71.0 Å². The van der Waals surface area contributed by atoms with Gasteiger partial charge in [-0.2, -0.15) is 5.10 Å². The Morgan fingerprint density at radius 2 is 1.75 bits per heavy atom. The highest BCUT2D eigenvalue weighted by Gasteiger charge is 2.61. The molecule has 3 N–H and O–H groups in total. The standard InChI is InChI=1S/C38H45N5O8/c1-37(2,3)51-36(49)39-29-15-9-7-5-6-8-12-24-21-38(24,35(47)48)40-32(44)30-20-25(22-42(30)34(29)46)43-33(45)28-14-11-10-13-27(28)31(41-43)23-16-18-26(50-4)19-17-23/h8,10-14,16-19,24-25,29-30H,5-7,9,15,20-22H2,1-4H3,(H,39,49)(H,40,44)(H,47,48)/b12-8-/t24-,25+,29-,30-,38+/m0/s1. The lowest BCUT2D eigenvalue weighted by atomic mass is 10.0. The molecule has 2 aromatic carbocycles. The van der Waals surface area contributed by atoms with Gasteiger partial charge in [0.15, 0.2) is 0 Å². The molecule has 2 aliphatic heterocycles. The smallest absolute Gasteiger partial charge is 0.408 e. The first-order valence-electron chi connectivity index (χ1n) is 17.5. The molecule has 0 radical (unpaired) electrons. The lowest BCUT2D eigenvalue weighted by Crippen LogP contribution is -2.56. The Hall–Kier alpha value is -5.20. The minimum atomic E-state index is -1.49. The number of hydrogen-bond donors (Lipinski definition) is 3. The molecule has 270 valence electrons. The number of allylic oxidation sites excluding steroid dienone is 1. The number of rotatable bonds is 5. The Morgan fingerprint density at radius 1 is 1.02 bits per heavy atom. The number of fused-ring (bicyclic) bond motifs is 3. The number of hydrogen-bond acceptors (Lipinski definition) is 8. The summed E-state index contributed by atoms with van der Waals surface area (Å²) in [6.07, 6.45) is 6.48. The number of benzene rings is 2. The van der Waals surface area contributed by atoms with Crippen LogP contribution in [0.4, 0.5) is 4.79 Å². The van der Waals surface area contributed by atoms with E-state index in [1.54, 1.807) is 52.1 Å². The predicted molar refractivity (Wildman–Crippen MR) is 189 cm³/mol. The van der Waals surface area contributed by atoms with Gasteiger partial charge < -0.3 is 30.1 Å². The van der Waals surface area contributed by atoms with E-state index in [9.17, 15) is 29.1 Å². The number of aromatic nitrogens is 2. The minimum absolute atomic E-state index is 0.000233. The predicted octanol–water partition coefficient (Wildman–Crippen LogP) is 4.59. The fraction of sp³-hybridized carbons (Fsp3) is 0.474. The Labute approximate surface area is 296 Å². The lowest BCUT2D eigenvalue weighted by Gasteiger charge is -2.30. The number of ether oxygens (including phenoxy) is 2. The van der Waals surface area contributed by atoms with Crippen LogP contribution in [0.15, 0.2) is 65.5 Å². The molecule has 1 saturated heterocycles. The molecule has 1 aliphatic carbocycles. The number of carbonyl (C=O) groups excluding carboxylic acids is 3. The summed E-state index contributed by atoms with van der Waals surface area (Å²) in [5.41, 5.74) is -1.41. The molecule has 1 aromatic heterocycles. The number of amides is 3. The molecule has 3 heterocycles. The summed E-state index contributed by atoms with van der Waals surface area (Å²) in [7, 11) is 1.57. The van der Waals surface area contributed by atoms with E-state index in [2.05, 4.69) is 10.6 Å². The van der Waals surface area contributed by atoms with E-state index >= 15 is 0 Å². The largest absolute Gasteiger partial charge is 0.497 e. The van der Waals surface area contributed by atoms with Gasteiger partial charge in [0.25, 0.3) is 5.56 Å². The molecule has 2 fully saturated rings. The fourth-order valence-electron chi connectivity index (χ4n) is 7.12. The van der Waals surface area contributed by atoms with E-state index in [1.807, 2.05) is 36.4 Å². The van der Waals surface area contributed by atoms with E-state index in [-0.39, 0.29) is 30.9 Å². The van der Waals surface area contributed by atoms with Gasteiger partial charge >= 0.3 is 12.1 Å². The molecular formula is C38H45N5O8. The third kappa shape index (κ3) is 7.47. The summed E-state index contributed by atoms with van der Waals surface area (Å²) < 4.78 is 12.1. The topological polar surface area (TPSA) is 169 Å². The van der Waals surface area contributed by atoms with Gasteiger partial charge in [0.05, 0.1) is 24.2 Å². The van der Waals surface area contributed by atoms with Crippen molar-refractivity contribution in [2.75, 3.05) is 13.7 Å². The fourth-order valence-corrected chi connectivity index (χ4v) is 7.12. The monoisotopic (exact) mass is 699 g/mol. The van der Waals surface area contributed by atoms with Crippen molar-refractivity contribution in [1.29, 1.82) is 0 Å². The van der Waals surface area contributed by atoms with Crippen molar-refractivity contribution in [3.63, 3.8) is 0 Å². The number of aliphatic carboxylic acids is 1. The third-order valence-corrected chi connectivity index (χ3v) is 9.87. The summed E-state index contributed by atoms with van der Waals surface area (Å²) in [6.45, 7) is 5.10. The second-order valence-electron chi connectivity index (χ2n) is 14.6. The van der Waals surface area contributed by atoms with Gasteiger partial charge in [0.2, 0.25) is 11.8 Å². The van der Waals surface area contributed by atoms with Crippen LogP contribution in [-0.4, -0.2) is 80.5 Å². The molecule has 51 heavy (non-hydrogen) atoms. The normalized spacial score (nSPS) is 26.2. The van der Waals surface area contributed by atoms with Gasteiger partial charge in [-0.25, -0.2) is 14.3 Å². The SMILES string of the molecule is COc1ccc(-c2nn([C@@H]3C[C@H]4C(=O)N[C@]5(C(=O)O)C[C@@H]5/C=C\CCCCC[C@H](NC(=O)OC(C)(C)C)C(=O)N4C3)c(=O)c3ccccc23)cc1. The van der Waals surface area contributed by atoms with E-state index in [0.717, 1.165) is 24.8 Å². The van der Waals surface area contributed by atoms with Crippen molar-refractivity contribution >= 4 is 34.6 Å². The second-order valence-corrected chi connectivity index (χ2v) is 14.6. The summed E-state index contributed by atoms with van der Waals surface area (Å²) >= 11 is 0. The van der Waals surface area contributed by atoms with Crippen LogP contribution in [0.1, 0.15) is 71.8 Å². The molecule has 6 rings (SSSR count). The van der Waals surface area contributed by atoms with Crippen molar-refractivity contribution in [3.8, 4) is 17.0 Å². The molecule has 3 aliphatic rings. The van der Waals surface area contributed by atoms with Crippen LogP contribution in [0.5, 0.6) is 5.75 Å². The molecule has 0 unspecified atom stereocenters. The van der Waals surface area contributed by atoms with Gasteiger partial charge in [0.1, 0.15) is 29.0 Å². The van der Waals surface area contributed by atoms with E-state index in [0.29, 0.717) is 35.1 Å². The number of carboxylic acids is 1. The van der Waals surface area contributed by atoms with E-state index < -0.39 is 53.1 Å². The highest BCUT2D eigenvalue weighted by atomic mass is 16.6. The van der Waals surface area contributed by atoms with E-state index in [1.165, 1.54) is 9.58 Å². The van der Waals surface area contributed by atoms with Crippen molar-refractivity contribution < 1.29 is 33.8 Å². The number of alkyl carbamates (subject to hydrolysis) is 1. The van der Waals surface area contributed by atoms with Gasteiger partial charge in [-0.3, -0.25) is 14.4 Å². The zero-order valence-corrected chi connectivity index (χ0v) is 29.4. The van der Waals surface area contributed by atoms with Crippen LogP contribution in [0.2, 0.25) is 0 Å². The van der Waals surface area contributed by atoms with Gasteiger partial charge in [-0.1, -0.05) is 43.2 Å². The maximum Gasteiger partial charge on any atom is 0.408 e. The van der Waals surface area contributed by atoms with Gasteiger partial charge in [0, 0.05) is 29.8 Å². The number of carboxylic acid groups (broad SMARTS) is 1. The Morgan fingerprint density at radius 3 is 2.43 bits per heavy atom. The average molecular weight is 700 g/mol. The van der Waals surface area contributed by atoms with Crippen molar-refractivity contribution in [2.45, 2.75) is 95.0 Å². The molecule has 3 amide bonds. The lowest BCUT2D eigenvalue weighted by molar-refractivity contribution is -0.145. The summed E-state index contributed by atoms with van der Waals surface area (Å²) in [5, 5.41) is 21.6. The highest BCUT2D eigenvalue weighted by Crippen LogP contribution is 2.45. The van der Waals surface area contributed by atoms with Crippen LogP contribution in [0, 0.1) is 5.92 Å². The summed E-state index contributed by atoms with van der Waals surface area (Å²) in [4.78, 5) is 69.5. The van der Waals surface area contributed by atoms with Crippen LogP contribution >= 0.6 is 0 Å². The first-order valence-corrected chi connectivity index (χ1v) is 17.5. The summed E-state index contributed by atoms with van der Waals surface area (Å²) in [6, 6.07) is 11.5. The Bertz CT molecular complexity index is 1920. The minimum Gasteiger partial charge on any atom is -0.497 e. The molecule has 0 bridgehead atoms. The number of nitrogens with one attached hydrogen (secondary N) is 2. The van der Waals surface area contributed by atoms with Crippen LogP contribution in [0.3, 0.4) is 0 Å². The molecular weight excluding hydrogens is 654 g/mol. The maximum atomic E-state index is 14.5. The molecule has 1 saturated carbocycles. The first-order chi connectivity index (χ1) is 24.3. The van der Waals surface area contributed by atoms with Gasteiger partial charge in [-0.15, -0.1) is 0 Å². The van der Waals surface area contributed by atoms with Gasteiger partial charge in [-0.05, 0) is 76.8 Å². The van der Waals surface area contributed by atoms with Crippen LogP contribution in [0.25, 0.3) is 22.0 Å². The van der Waals surface area contributed by atoms with E-state index in [4.69, 9.17) is 14.6 Å². The maximum absolute atomic E-state index is 14.5. The number of methoxy groups -OCH3 is 1. The molecule has 0 spiro atoms. The highest BCUT2D eigenvalue weighted by molar-refractivity contribution is 5.96. The zero-order valence-electron chi connectivity index (χ0n) is 29.4. The molecule has 3 aromatic rings.